The zero-order valence-electron chi connectivity index (χ0n) is 14.3. The van der Waals surface area contributed by atoms with Gasteiger partial charge in [0.15, 0.2) is 0 Å². The van der Waals surface area contributed by atoms with Gasteiger partial charge in [0.2, 0.25) is 10.0 Å². The second kappa shape index (κ2) is 7.65. The first-order chi connectivity index (χ1) is 11.6. The summed E-state index contributed by atoms with van der Waals surface area (Å²) in [5.74, 6) is -0.203. The smallest absolute Gasteiger partial charge is 0.256 e. The third-order valence-corrected chi connectivity index (χ3v) is 6.26. The van der Waals surface area contributed by atoms with Gasteiger partial charge >= 0.3 is 0 Å². The van der Waals surface area contributed by atoms with E-state index in [1.54, 1.807) is 49.6 Å². The zero-order chi connectivity index (χ0) is 18.7. The molecule has 1 heterocycles. The molecule has 0 bridgehead atoms. The lowest BCUT2D eigenvalue weighted by Crippen LogP contribution is -2.41. The monoisotopic (exact) mass is 382 g/mol. The predicted molar refractivity (Wildman–Crippen MR) is 100 cm³/mol. The summed E-state index contributed by atoms with van der Waals surface area (Å²) in [7, 11) is -3.45. The molecule has 1 aromatic heterocycles. The van der Waals surface area contributed by atoms with Crippen LogP contribution in [0.15, 0.2) is 41.1 Å². The number of benzene rings is 1. The summed E-state index contributed by atoms with van der Waals surface area (Å²) in [5, 5.41) is 16.3. The van der Waals surface area contributed by atoms with E-state index in [-0.39, 0.29) is 12.5 Å². The van der Waals surface area contributed by atoms with Crippen LogP contribution in [0.2, 0.25) is 0 Å². The Morgan fingerprint density at radius 1 is 1.24 bits per heavy atom. The van der Waals surface area contributed by atoms with Crippen LogP contribution in [0, 0.1) is 0 Å². The minimum absolute atomic E-state index is 0.131. The first kappa shape index (κ1) is 19.6. The van der Waals surface area contributed by atoms with Gasteiger partial charge in [0.25, 0.3) is 5.91 Å². The fraction of sp³-hybridized carbons (Fsp3) is 0.353. The molecular formula is C17H22N2O4S2. The third-order valence-electron chi connectivity index (χ3n) is 3.79. The summed E-state index contributed by atoms with van der Waals surface area (Å²) in [4.78, 5) is 12.0. The maximum Gasteiger partial charge on any atom is 0.256 e. The van der Waals surface area contributed by atoms with Crippen molar-refractivity contribution in [2.75, 3.05) is 11.9 Å². The molecule has 0 spiro atoms. The van der Waals surface area contributed by atoms with Crippen LogP contribution >= 0.6 is 11.3 Å². The number of thiophene rings is 1. The van der Waals surface area contributed by atoms with Crippen LogP contribution in [0.5, 0.6) is 0 Å². The van der Waals surface area contributed by atoms with Crippen LogP contribution in [0.3, 0.4) is 0 Å². The van der Waals surface area contributed by atoms with Crippen molar-refractivity contribution in [3.63, 3.8) is 0 Å². The minimum Gasteiger partial charge on any atom is -0.384 e. The van der Waals surface area contributed by atoms with Crippen molar-refractivity contribution in [2.24, 2.45) is 0 Å². The molecule has 1 aromatic carbocycles. The third kappa shape index (κ3) is 5.12. The average Bonchev–Trinajstić information content (AvgIpc) is 3.08. The Kier molecular flexibility index (Phi) is 5.99. The number of rotatable bonds is 7. The van der Waals surface area contributed by atoms with E-state index in [2.05, 4.69) is 10.0 Å². The second-order valence-corrected chi connectivity index (χ2v) is 9.33. The minimum atomic E-state index is -3.45. The Bertz CT molecular complexity index is 811. The number of hydrogen-bond donors (Lipinski definition) is 3. The molecule has 25 heavy (non-hydrogen) atoms. The molecule has 0 saturated heterocycles. The Balaban J connectivity index is 2.04. The van der Waals surface area contributed by atoms with Crippen molar-refractivity contribution < 1.29 is 18.3 Å². The van der Waals surface area contributed by atoms with Gasteiger partial charge in [0, 0.05) is 17.6 Å². The van der Waals surface area contributed by atoms with Gasteiger partial charge in [-0.1, -0.05) is 12.1 Å². The Labute approximate surface area is 151 Å². The molecule has 0 fully saturated rings. The number of hydrogen-bond acceptors (Lipinski definition) is 5. The number of amides is 1. The highest BCUT2D eigenvalue weighted by Gasteiger charge is 2.26. The normalized spacial score (nSPS) is 14.3. The van der Waals surface area contributed by atoms with Gasteiger partial charge in [-0.15, -0.1) is 0 Å². The Hall–Kier alpha value is -1.74. The summed E-state index contributed by atoms with van der Waals surface area (Å²) in [6.45, 7) is 4.55. The molecule has 0 radical (unpaired) electrons. The molecule has 2 rings (SSSR count). The van der Waals surface area contributed by atoms with E-state index in [0.29, 0.717) is 16.8 Å². The number of carbonyl (C=O) groups excluding carboxylic acids is 1. The first-order valence-electron chi connectivity index (χ1n) is 7.77. The number of nitrogens with one attached hydrogen (secondary N) is 2. The fourth-order valence-corrected chi connectivity index (χ4v) is 3.47. The number of carbonyl (C=O) groups is 1. The average molecular weight is 383 g/mol. The van der Waals surface area contributed by atoms with Crippen LogP contribution in [-0.4, -0.2) is 31.2 Å². The molecule has 1 atom stereocenters. The molecule has 1 unspecified atom stereocenters. The van der Waals surface area contributed by atoms with Crippen LogP contribution in [0.1, 0.15) is 36.7 Å². The summed E-state index contributed by atoms with van der Waals surface area (Å²) in [5.41, 5.74) is 0.368. The highest BCUT2D eigenvalue weighted by molar-refractivity contribution is 7.90. The summed E-state index contributed by atoms with van der Waals surface area (Å²) in [6.07, 6.45) is 0. The van der Waals surface area contributed by atoms with E-state index in [0.717, 1.165) is 0 Å². The molecule has 1 amide bonds. The van der Waals surface area contributed by atoms with E-state index in [1.807, 2.05) is 5.38 Å². The van der Waals surface area contributed by atoms with Gasteiger partial charge in [-0.2, -0.15) is 11.3 Å². The van der Waals surface area contributed by atoms with E-state index in [4.69, 9.17) is 0 Å². The van der Waals surface area contributed by atoms with Crippen molar-refractivity contribution in [3.05, 3.63) is 52.2 Å². The molecule has 0 saturated carbocycles. The van der Waals surface area contributed by atoms with Crippen molar-refractivity contribution in [2.45, 2.75) is 31.6 Å². The van der Waals surface area contributed by atoms with E-state index in [1.165, 1.54) is 18.3 Å². The Morgan fingerprint density at radius 3 is 2.40 bits per heavy atom. The topological polar surface area (TPSA) is 95.5 Å². The maximum atomic E-state index is 12.0. The lowest BCUT2D eigenvalue weighted by Gasteiger charge is -2.25. The highest BCUT2D eigenvalue weighted by atomic mass is 32.2. The molecule has 0 aliphatic carbocycles. The summed E-state index contributed by atoms with van der Waals surface area (Å²) < 4.78 is 26.1. The molecule has 136 valence electrons. The summed E-state index contributed by atoms with van der Waals surface area (Å²) >= 11 is 1.44. The highest BCUT2D eigenvalue weighted by Crippen LogP contribution is 2.22. The van der Waals surface area contributed by atoms with Crippen LogP contribution in [0.25, 0.3) is 0 Å². The predicted octanol–water partition coefficient (Wildman–Crippen LogP) is 2.54. The molecule has 8 heteroatoms. The molecule has 0 aliphatic rings. The molecular weight excluding hydrogens is 360 g/mol. The maximum absolute atomic E-state index is 12.0. The lowest BCUT2D eigenvalue weighted by molar-refractivity contribution is 0.0627. The van der Waals surface area contributed by atoms with Crippen molar-refractivity contribution in [1.29, 1.82) is 0 Å². The van der Waals surface area contributed by atoms with Crippen LogP contribution in [0.4, 0.5) is 5.69 Å². The van der Waals surface area contributed by atoms with Crippen molar-refractivity contribution in [3.8, 4) is 0 Å². The van der Waals surface area contributed by atoms with Gasteiger partial charge in [-0.05, 0) is 49.9 Å². The quantitative estimate of drug-likeness (QED) is 0.686. The fourth-order valence-electron chi connectivity index (χ4n) is 2.02. The number of anilines is 1. The van der Waals surface area contributed by atoms with E-state index >= 15 is 0 Å². The molecule has 2 aromatic rings. The number of sulfonamides is 1. The first-order valence-corrected chi connectivity index (χ1v) is 10.3. The zero-order valence-corrected chi connectivity index (χ0v) is 15.9. The van der Waals surface area contributed by atoms with Gasteiger partial charge < -0.3 is 10.4 Å². The Morgan fingerprint density at radius 2 is 1.88 bits per heavy atom. The lowest BCUT2D eigenvalue weighted by atomic mass is 9.96. The molecule has 3 N–H and O–H groups in total. The van der Waals surface area contributed by atoms with Crippen LogP contribution in [-0.2, 0) is 15.6 Å². The van der Waals surface area contributed by atoms with Gasteiger partial charge in [-0.25, -0.2) is 13.1 Å². The van der Waals surface area contributed by atoms with Gasteiger partial charge in [0.05, 0.1) is 10.8 Å². The molecule has 6 nitrogen and oxygen atoms in total. The standard InChI is InChI=1S/C17H22N2O4S2/c1-12(2)25(22,23)18-11-17(3,21)14-4-6-15(7-5-14)19-16(20)13-8-9-24-10-13/h4-10,12,18,21H,11H2,1-3H3,(H,19,20). The van der Waals surface area contributed by atoms with E-state index in [9.17, 15) is 18.3 Å². The summed E-state index contributed by atoms with van der Waals surface area (Å²) in [6, 6.07) is 8.40. The van der Waals surface area contributed by atoms with Crippen molar-refractivity contribution in [1.82, 2.24) is 4.72 Å². The van der Waals surface area contributed by atoms with Gasteiger partial charge in [0.1, 0.15) is 5.60 Å². The van der Waals surface area contributed by atoms with E-state index < -0.39 is 20.9 Å². The van der Waals surface area contributed by atoms with Gasteiger partial charge in [-0.3, -0.25) is 4.79 Å². The van der Waals surface area contributed by atoms with Crippen molar-refractivity contribution >= 4 is 33.0 Å². The second-order valence-electron chi connectivity index (χ2n) is 6.23. The largest absolute Gasteiger partial charge is 0.384 e. The molecule has 0 aliphatic heterocycles. The number of aliphatic hydroxyl groups is 1. The SMILES string of the molecule is CC(C)S(=O)(=O)NCC(C)(O)c1ccc(NC(=O)c2ccsc2)cc1. The van der Waals surface area contributed by atoms with Crippen LogP contribution < -0.4 is 10.0 Å².